The topological polar surface area (TPSA) is 59.4 Å². The number of hydrogen-bond acceptors (Lipinski definition) is 3. The molecule has 1 aromatic rings. The van der Waals surface area contributed by atoms with Crippen molar-refractivity contribution >= 4 is 11.7 Å². The van der Waals surface area contributed by atoms with Gasteiger partial charge in [0.15, 0.2) is 0 Å². The number of aryl methyl sites for hydroxylation is 1. The van der Waals surface area contributed by atoms with Crippen LogP contribution in [0.25, 0.3) is 0 Å². The summed E-state index contributed by atoms with van der Waals surface area (Å²) in [6.07, 6.45) is -1.95. The number of nitrogens with zero attached hydrogens (tertiary/aromatic N) is 3. The smallest absolute Gasteiger partial charge is 0.381 e. The van der Waals surface area contributed by atoms with E-state index in [1.54, 1.807) is 17.9 Å². The van der Waals surface area contributed by atoms with E-state index >= 15 is 0 Å². The molecule has 0 saturated carbocycles. The Balaban J connectivity index is 1.77. The van der Waals surface area contributed by atoms with Crippen molar-refractivity contribution in [1.82, 2.24) is 14.7 Å². The van der Waals surface area contributed by atoms with Crippen molar-refractivity contribution in [2.75, 3.05) is 31.6 Å². The Kier molecular flexibility index (Phi) is 5.42. The number of aromatic nitrogens is 2. The lowest BCUT2D eigenvalue weighted by Gasteiger charge is -2.50. The fourth-order valence-corrected chi connectivity index (χ4v) is 4.35. The minimum Gasteiger partial charge on any atom is -0.381 e. The van der Waals surface area contributed by atoms with Crippen molar-refractivity contribution in [1.29, 1.82) is 0 Å². The van der Waals surface area contributed by atoms with Crippen LogP contribution in [0, 0.1) is 11.3 Å². The van der Waals surface area contributed by atoms with Crippen molar-refractivity contribution in [3.05, 3.63) is 11.9 Å². The van der Waals surface area contributed by atoms with Gasteiger partial charge in [0.2, 0.25) is 0 Å². The van der Waals surface area contributed by atoms with Gasteiger partial charge in [-0.3, -0.25) is 4.68 Å². The zero-order chi connectivity index (χ0) is 19.8. The molecule has 1 spiro atoms. The van der Waals surface area contributed by atoms with Crippen LogP contribution in [0.1, 0.15) is 44.7 Å². The summed E-state index contributed by atoms with van der Waals surface area (Å²) in [4.78, 5) is 14.3. The molecule has 2 aliphatic heterocycles. The highest BCUT2D eigenvalue weighted by molar-refractivity contribution is 5.90. The number of amides is 2. The summed E-state index contributed by atoms with van der Waals surface area (Å²) >= 11 is 0. The Morgan fingerprint density at radius 2 is 2.04 bits per heavy atom. The Morgan fingerprint density at radius 3 is 2.63 bits per heavy atom. The number of likely N-dealkylation sites (tertiary alicyclic amines) is 1. The van der Waals surface area contributed by atoms with Crippen molar-refractivity contribution < 1.29 is 22.7 Å². The Bertz CT molecular complexity index is 681. The highest BCUT2D eigenvalue weighted by Crippen LogP contribution is 2.50. The Morgan fingerprint density at radius 1 is 1.37 bits per heavy atom. The van der Waals surface area contributed by atoms with Gasteiger partial charge >= 0.3 is 12.2 Å². The molecule has 2 saturated heterocycles. The van der Waals surface area contributed by atoms with Crippen LogP contribution in [0.2, 0.25) is 0 Å². The van der Waals surface area contributed by atoms with Gasteiger partial charge in [-0.15, -0.1) is 0 Å². The number of carbonyl (C=O) groups excluding carboxylic acids is 1. The van der Waals surface area contributed by atoms with Crippen LogP contribution in [-0.4, -0.2) is 53.2 Å². The second-order valence-electron chi connectivity index (χ2n) is 7.97. The molecule has 0 radical (unpaired) electrons. The predicted octanol–water partition coefficient (Wildman–Crippen LogP) is 3.76. The van der Waals surface area contributed by atoms with E-state index in [9.17, 15) is 18.0 Å². The van der Waals surface area contributed by atoms with Crippen molar-refractivity contribution in [2.45, 2.75) is 45.2 Å². The molecule has 2 aliphatic rings. The molecule has 1 N–H and O–H groups in total. The average Bonchev–Trinajstić information content (AvgIpc) is 2.95. The maximum atomic E-state index is 13.6. The van der Waals surface area contributed by atoms with Crippen LogP contribution in [-0.2, 0) is 11.8 Å². The number of urea groups is 1. The van der Waals surface area contributed by atoms with E-state index in [0.717, 1.165) is 5.69 Å². The van der Waals surface area contributed by atoms with Crippen molar-refractivity contribution in [3.63, 3.8) is 0 Å². The summed E-state index contributed by atoms with van der Waals surface area (Å²) < 4.78 is 47.8. The SMILES string of the molecule is CC(C)c1nn(C)cc1NC(=O)N1CC[C@H](C(F)(F)F)C2(CCOCC2)C1. The molecular formula is C18H27F3N4O2. The van der Waals surface area contributed by atoms with E-state index in [1.165, 1.54) is 4.90 Å². The second kappa shape index (κ2) is 7.33. The van der Waals surface area contributed by atoms with Gasteiger partial charge in [0.05, 0.1) is 17.3 Å². The quantitative estimate of drug-likeness (QED) is 0.839. The number of alkyl halides is 3. The highest BCUT2D eigenvalue weighted by Gasteiger charge is 2.56. The normalized spacial score (nSPS) is 23.1. The van der Waals surface area contributed by atoms with Gasteiger partial charge < -0.3 is 15.0 Å². The standard InChI is InChI=1S/C18H27F3N4O2/c1-12(2)15-13(10-24(3)23-15)22-16(26)25-7-4-14(18(19,20)21)17(11-25)5-8-27-9-6-17/h10,12,14H,4-9,11H2,1-3H3,(H,22,26)/t14-/m0/s1. The summed E-state index contributed by atoms with van der Waals surface area (Å²) in [5.74, 6) is -1.26. The number of carbonyl (C=O) groups is 1. The summed E-state index contributed by atoms with van der Waals surface area (Å²) in [5.41, 5.74) is 0.412. The molecule has 27 heavy (non-hydrogen) atoms. The third-order valence-electron chi connectivity index (χ3n) is 5.75. The van der Waals surface area contributed by atoms with Gasteiger partial charge in [-0.2, -0.15) is 18.3 Å². The first-order valence-corrected chi connectivity index (χ1v) is 9.36. The lowest BCUT2D eigenvalue weighted by atomic mass is 9.66. The van der Waals surface area contributed by atoms with Crippen LogP contribution in [0.5, 0.6) is 0 Å². The molecule has 1 atom stereocenters. The lowest BCUT2D eigenvalue weighted by molar-refractivity contribution is -0.232. The molecule has 152 valence electrons. The molecule has 9 heteroatoms. The summed E-state index contributed by atoms with van der Waals surface area (Å²) in [6, 6.07) is -0.364. The van der Waals surface area contributed by atoms with Crippen molar-refractivity contribution in [3.8, 4) is 0 Å². The number of hydrogen-bond donors (Lipinski definition) is 1. The minimum absolute atomic E-state index is 0.0685. The van der Waals surface area contributed by atoms with Gasteiger partial charge in [0.1, 0.15) is 0 Å². The molecule has 0 unspecified atom stereocenters. The summed E-state index contributed by atoms with van der Waals surface area (Å²) in [6.45, 7) is 4.76. The largest absolute Gasteiger partial charge is 0.392 e. The van der Waals surface area contributed by atoms with E-state index in [-0.39, 0.29) is 31.5 Å². The first-order chi connectivity index (χ1) is 12.6. The van der Waals surface area contributed by atoms with E-state index < -0.39 is 17.5 Å². The highest BCUT2D eigenvalue weighted by atomic mass is 19.4. The monoisotopic (exact) mass is 388 g/mol. The van der Waals surface area contributed by atoms with E-state index in [1.807, 2.05) is 13.8 Å². The van der Waals surface area contributed by atoms with E-state index in [0.29, 0.717) is 31.7 Å². The van der Waals surface area contributed by atoms with Gasteiger partial charge in [-0.25, -0.2) is 4.79 Å². The zero-order valence-corrected chi connectivity index (χ0v) is 16.0. The van der Waals surface area contributed by atoms with Gasteiger partial charge in [0.25, 0.3) is 0 Å². The predicted molar refractivity (Wildman–Crippen MR) is 94.5 cm³/mol. The Labute approximate surface area is 157 Å². The average molecular weight is 388 g/mol. The first kappa shape index (κ1) is 20.0. The number of anilines is 1. The van der Waals surface area contributed by atoms with Crippen LogP contribution < -0.4 is 5.32 Å². The molecule has 3 rings (SSSR count). The maximum Gasteiger partial charge on any atom is 0.392 e. The number of nitrogens with one attached hydrogen (secondary N) is 1. The minimum atomic E-state index is -4.26. The molecule has 2 fully saturated rings. The fraction of sp³-hybridized carbons (Fsp3) is 0.778. The van der Waals surface area contributed by atoms with Crippen LogP contribution >= 0.6 is 0 Å². The van der Waals surface area contributed by atoms with Crippen LogP contribution in [0.4, 0.5) is 23.7 Å². The van der Waals surface area contributed by atoms with Gasteiger partial charge in [-0.1, -0.05) is 13.8 Å². The third kappa shape index (κ3) is 4.07. The number of ether oxygens (including phenoxy) is 1. The van der Waals surface area contributed by atoms with E-state index in [2.05, 4.69) is 10.4 Å². The Hall–Kier alpha value is -1.77. The molecule has 0 bridgehead atoms. The second-order valence-corrected chi connectivity index (χ2v) is 7.97. The van der Waals surface area contributed by atoms with Gasteiger partial charge in [-0.05, 0) is 25.2 Å². The maximum absolute atomic E-state index is 13.6. The molecule has 6 nitrogen and oxygen atoms in total. The molecule has 3 heterocycles. The van der Waals surface area contributed by atoms with Crippen molar-refractivity contribution in [2.24, 2.45) is 18.4 Å². The lowest BCUT2D eigenvalue weighted by Crippen LogP contribution is -2.57. The molecular weight excluding hydrogens is 361 g/mol. The van der Waals surface area contributed by atoms with Crippen LogP contribution in [0.15, 0.2) is 6.20 Å². The fourth-order valence-electron chi connectivity index (χ4n) is 4.35. The molecule has 2 amide bonds. The summed E-state index contributed by atoms with van der Waals surface area (Å²) in [5, 5.41) is 7.20. The number of halogens is 3. The van der Waals surface area contributed by atoms with Crippen LogP contribution in [0.3, 0.4) is 0 Å². The molecule has 0 aromatic carbocycles. The third-order valence-corrected chi connectivity index (χ3v) is 5.75. The number of rotatable bonds is 2. The summed E-state index contributed by atoms with van der Waals surface area (Å²) in [7, 11) is 1.77. The molecule has 0 aliphatic carbocycles. The van der Waals surface area contributed by atoms with E-state index in [4.69, 9.17) is 4.74 Å². The molecule has 1 aromatic heterocycles. The zero-order valence-electron chi connectivity index (χ0n) is 16.0. The number of piperidine rings is 1. The van der Waals surface area contributed by atoms with Gasteiger partial charge in [0, 0.05) is 45.0 Å². The first-order valence-electron chi connectivity index (χ1n) is 9.36.